The molecule has 5 nitrogen and oxygen atoms in total. The van der Waals surface area contributed by atoms with Crippen LogP contribution < -0.4 is 9.62 Å². The molecule has 34 heavy (non-hydrogen) atoms. The van der Waals surface area contributed by atoms with Crippen LogP contribution in [0.1, 0.15) is 46.5 Å². The number of hydrogen-bond acceptors (Lipinski definition) is 3. The molecule has 8 heteroatoms. The molecule has 180 valence electrons. The van der Waals surface area contributed by atoms with E-state index in [1.807, 2.05) is 0 Å². The Hall–Kier alpha value is -2.54. The van der Waals surface area contributed by atoms with Crippen LogP contribution in [0.25, 0.3) is 0 Å². The molecule has 3 aromatic rings. The molecule has 0 saturated heterocycles. The molecule has 0 heterocycles. The van der Waals surface area contributed by atoms with Crippen molar-refractivity contribution in [1.29, 1.82) is 0 Å². The van der Waals surface area contributed by atoms with Crippen LogP contribution in [0.4, 0.5) is 5.69 Å². The Bertz CT molecular complexity index is 1280. The molecule has 0 bridgehead atoms. The van der Waals surface area contributed by atoms with Crippen molar-refractivity contribution in [2.45, 2.75) is 39.8 Å². The molecule has 0 spiro atoms. The number of sulfonamides is 1. The fraction of sp³-hybridized carbons (Fsp3) is 0.269. The molecular weight excluding hydrogens is 491 g/mol. The van der Waals surface area contributed by atoms with Crippen LogP contribution in [0.2, 0.25) is 10.0 Å². The first-order chi connectivity index (χ1) is 16.1. The largest absolute Gasteiger partial charge is 0.348 e. The van der Waals surface area contributed by atoms with Crippen molar-refractivity contribution < 1.29 is 13.2 Å². The summed E-state index contributed by atoms with van der Waals surface area (Å²) in [4.78, 5) is 12.7. The van der Waals surface area contributed by atoms with E-state index in [1.165, 1.54) is 15.4 Å². The summed E-state index contributed by atoms with van der Waals surface area (Å²) < 4.78 is 26.1. The first-order valence-electron chi connectivity index (χ1n) is 11.0. The summed E-state index contributed by atoms with van der Waals surface area (Å²) in [5, 5.41) is 3.43. The maximum Gasteiger partial charge on any atom is 0.251 e. The predicted molar refractivity (Wildman–Crippen MR) is 140 cm³/mol. The standard InChI is InChI=1S/C26H28Cl2N2O3S/c1-4-18-9-12-20(5-2)22(15-18)16-29-26(31)21-13-10-19(11-14-21)17-30(34(3,32)33)24-8-6-7-23(27)25(24)28/h6-15H,4-5,16-17H2,1-3H3,(H,29,31). The number of halogens is 2. The molecule has 3 aromatic carbocycles. The number of aryl methyl sites for hydroxylation is 2. The molecule has 0 radical (unpaired) electrons. The molecule has 0 aliphatic heterocycles. The molecule has 3 rings (SSSR count). The molecule has 0 aliphatic rings. The highest BCUT2D eigenvalue weighted by Crippen LogP contribution is 2.34. The molecule has 0 aromatic heterocycles. The van der Waals surface area contributed by atoms with Crippen LogP contribution in [0.5, 0.6) is 0 Å². The number of nitrogens with one attached hydrogen (secondary N) is 1. The van der Waals surface area contributed by atoms with Crippen molar-refractivity contribution in [3.05, 3.63) is 98.5 Å². The average molecular weight is 519 g/mol. The van der Waals surface area contributed by atoms with Crippen LogP contribution in [0.15, 0.2) is 60.7 Å². The van der Waals surface area contributed by atoms with E-state index in [4.69, 9.17) is 23.2 Å². The SMILES string of the molecule is CCc1ccc(CC)c(CNC(=O)c2ccc(CN(c3cccc(Cl)c3Cl)S(C)(=O)=O)cc2)c1. The summed E-state index contributed by atoms with van der Waals surface area (Å²) in [6, 6.07) is 18.1. The minimum atomic E-state index is -3.62. The van der Waals surface area contributed by atoms with Gasteiger partial charge in [-0.3, -0.25) is 9.10 Å². The van der Waals surface area contributed by atoms with Gasteiger partial charge in [-0.1, -0.05) is 73.4 Å². The Balaban J connectivity index is 1.74. The Labute approximate surface area is 211 Å². The summed E-state index contributed by atoms with van der Waals surface area (Å²) in [5.74, 6) is -0.187. The molecular formula is C26H28Cl2N2O3S. The van der Waals surface area contributed by atoms with E-state index in [1.54, 1.807) is 42.5 Å². The number of rotatable bonds is 9. The third kappa shape index (κ3) is 6.32. The highest BCUT2D eigenvalue weighted by molar-refractivity contribution is 7.92. The van der Waals surface area contributed by atoms with Gasteiger partial charge >= 0.3 is 0 Å². The van der Waals surface area contributed by atoms with Crippen molar-refractivity contribution in [3.8, 4) is 0 Å². The summed E-state index contributed by atoms with van der Waals surface area (Å²) in [7, 11) is -3.62. The molecule has 0 unspecified atom stereocenters. The lowest BCUT2D eigenvalue weighted by Gasteiger charge is -2.24. The molecule has 0 atom stereocenters. The fourth-order valence-corrected chi connectivity index (χ4v) is 5.02. The van der Waals surface area contributed by atoms with Gasteiger partial charge in [0.1, 0.15) is 0 Å². The van der Waals surface area contributed by atoms with Gasteiger partial charge in [-0.05, 0) is 59.4 Å². The zero-order valence-electron chi connectivity index (χ0n) is 19.4. The van der Waals surface area contributed by atoms with Gasteiger partial charge in [0.2, 0.25) is 10.0 Å². The van der Waals surface area contributed by atoms with Gasteiger partial charge in [0.05, 0.1) is 28.5 Å². The van der Waals surface area contributed by atoms with E-state index < -0.39 is 10.0 Å². The lowest BCUT2D eigenvalue weighted by molar-refractivity contribution is 0.0951. The smallest absolute Gasteiger partial charge is 0.251 e. The summed E-state index contributed by atoms with van der Waals surface area (Å²) >= 11 is 12.3. The normalized spacial score (nSPS) is 11.3. The van der Waals surface area contributed by atoms with Crippen LogP contribution in [0.3, 0.4) is 0 Å². The Morgan fingerprint density at radius 1 is 0.912 bits per heavy atom. The Kier molecular flexibility index (Phi) is 8.63. The predicted octanol–water partition coefficient (Wildman–Crippen LogP) is 6.01. The highest BCUT2D eigenvalue weighted by atomic mass is 35.5. The highest BCUT2D eigenvalue weighted by Gasteiger charge is 2.21. The summed E-state index contributed by atoms with van der Waals surface area (Å²) in [6.07, 6.45) is 2.96. The number of carbonyl (C=O) groups excluding carboxylic acids is 1. The number of anilines is 1. The lowest BCUT2D eigenvalue weighted by Crippen LogP contribution is -2.29. The van der Waals surface area contributed by atoms with Crippen molar-refractivity contribution in [2.75, 3.05) is 10.6 Å². The summed E-state index contributed by atoms with van der Waals surface area (Å²) in [6.45, 7) is 4.72. The number of hydrogen-bond donors (Lipinski definition) is 1. The van der Waals surface area contributed by atoms with Crippen molar-refractivity contribution in [2.24, 2.45) is 0 Å². The second kappa shape index (κ2) is 11.3. The third-order valence-electron chi connectivity index (χ3n) is 5.64. The van der Waals surface area contributed by atoms with Crippen LogP contribution in [-0.2, 0) is 36.0 Å². The number of benzene rings is 3. The van der Waals surface area contributed by atoms with Gasteiger partial charge in [0.25, 0.3) is 5.91 Å². The van der Waals surface area contributed by atoms with E-state index in [2.05, 4.69) is 37.4 Å². The van der Waals surface area contributed by atoms with Gasteiger partial charge in [-0.25, -0.2) is 8.42 Å². The molecule has 0 saturated carbocycles. The summed E-state index contributed by atoms with van der Waals surface area (Å²) in [5.41, 5.74) is 5.09. The van der Waals surface area contributed by atoms with E-state index in [0.717, 1.165) is 24.7 Å². The second-order valence-corrected chi connectivity index (χ2v) is 10.7. The lowest BCUT2D eigenvalue weighted by atomic mass is 10.0. The Morgan fingerprint density at radius 2 is 1.59 bits per heavy atom. The van der Waals surface area contributed by atoms with Gasteiger partial charge in [-0.2, -0.15) is 0 Å². The Morgan fingerprint density at radius 3 is 2.21 bits per heavy atom. The van der Waals surface area contributed by atoms with Crippen molar-refractivity contribution in [1.82, 2.24) is 5.32 Å². The van der Waals surface area contributed by atoms with Crippen molar-refractivity contribution >= 4 is 44.8 Å². The van der Waals surface area contributed by atoms with Gasteiger partial charge in [0, 0.05) is 12.1 Å². The minimum Gasteiger partial charge on any atom is -0.348 e. The second-order valence-electron chi connectivity index (χ2n) is 8.03. The molecule has 0 fully saturated rings. The monoisotopic (exact) mass is 518 g/mol. The average Bonchev–Trinajstić information content (AvgIpc) is 2.82. The van der Waals surface area contributed by atoms with Gasteiger partial charge < -0.3 is 5.32 Å². The number of amides is 1. The maximum atomic E-state index is 12.7. The van der Waals surface area contributed by atoms with Crippen LogP contribution in [0, 0.1) is 0 Å². The molecule has 1 N–H and O–H groups in total. The van der Waals surface area contributed by atoms with E-state index in [0.29, 0.717) is 23.4 Å². The topological polar surface area (TPSA) is 66.5 Å². The molecule has 1 amide bonds. The van der Waals surface area contributed by atoms with E-state index in [9.17, 15) is 13.2 Å². The van der Waals surface area contributed by atoms with E-state index >= 15 is 0 Å². The fourth-order valence-electron chi connectivity index (χ4n) is 3.68. The number of carbonyl (C=O) groups is 1. The van der Waals surface area contributed by atoms with E-state index in [-0.39, 0.29) is 22.5 Å². The third-order valence-corrected chi connectivity index (χ3v) is 7.58. The quantitative estimate of drug-likeness (QED) is 0.376. The van der Waals surface area contributed by atoms with Gasteiger partial charge in [0.15, 0.2) is 0 Å². The zero-order valence-corrected chi connectivity index (χ0v) is 21.8. The van der Waals surface area contributed by atoms with Crippen molar-refractivity contribution in [3.63, 3.8) is 0 Å². The van der Waals surface area contributed by atoms with Crippen LogP contribution in [-0.4, -0.2) is 20.6 Å². The minimum absolute atomic E-state index is 0.0600. The first-order valence-corrected chi connectivity index (χ1v) is 13.6. The van der Waals surface area contributed by atoms with Gasteiger partial charge in [-0.15, -0.1) is 0 Å². The number of nitrogens with zero attached hydrogens (tertiary/aromatic N) is 1. The zero-order chi connectivity index (χ0) is 24.9. The van der Waals surface area contributed by atoms with Crippen LogP contribution >= 0.6 is 23.2 Å². The maximum absolute atomic E-state index is 12.7. The molecule has 0 aliphatic carbocycles. The first kappa shape index (κ1) is 26.1.